The summed E-state index contributed by atoms with van der Waals surface area (Å²) >= 11 is 0. The van der Waals surface area contributed by atoms with Gasteiger partial charge in [-0.2, -0.15) is 9.97 Å². The van der Waals surface area contributed by atoms with Gasteiger partial charge in [0.2, 0.25) is 5.88 Å². The van der Waals surface area contributed by atoms with Crippen molar-refractivity contribution in [3.63, 3.8) is 0 Å². The number of rotatable bonds is 7. The van der Waals surface area contributed by atoms with Crippen LogP contribution in [0, 0.1) is 6.92 Å². The number of benzene rings is 1. The Hall–Kier alpha value is -2.71. The molecule has 2 aromatic rings. The van der Waals surface area contributed by atoms with Gasteiger partial charge in [0.25, 0.3) is 5.91 Å². The number of aryl methyl sites for hydroxylation is 1. The van der Waals surface area contributed by atoms with Gasteiger partial charge in [-0.25, -0.2) is 0 Å². The predicted molar refractivity (Wildman–Crippen MR) is 110 cm³/mol. The first-order valence-electron chi connectivity index (χ1n) is 9.74. The highest BCUT2D eigenvalue weighted by Gasteiger charge is 2.25. The molecule has 8 heteroatoms. The molecule has 1 aromatic carbocycles. The van der Waals surface area contributed by atoms with E-state index in [2.05, 4.69) is 63.3 Å². The fraction of sp³-hybridized carbons (Fsp3) is 0.476. The summed E-state index contributed by atoms with van der Waals surface area (Å²) in [5, 5.41) is 3.03. The minimum absolute atomic E-state index is 0.0962. The summed E-state index contributed by atoms with van der Waals surface area (Å²) in [6, 6.07) is 10.2. The third-order valence-electron chi connectivity index (χ3n) is 5.20. The molecule has 1 fully saturated rings. The zero-order valence-corrected chi connectivity index (χ0v) is 17.5. The molecular formula is C21H29N5O3. The van der Waals surface area contributed by atoms with Crippen LogP contribution in [0.4, 0.5) is 0 Å². The standard InChI is InChI=1S/C21H29N5O3/c1-15-5-7-16(8-6-15)18(26-11-9-25(2)10-12-26)14-22-20(27)17-13-19(28-3)24-21(23-17)29-4/h5-8,13,18H,9-12,14H2,1-4H3,(H,22,27)/t18-/m1/s1. The van der Waals surface area contributed by atoms with Crippen molar-refractivity contribution in [3.05, 3.63) is 47.2 Å². The predicted octanol–water partition coefficient (Wildman–Crippen LogP) is 1.52. The zero-order chi connectivity index (χ0) is 20.8. The smallest absolute Gasteiger partial charge is 0.320 e. The molecule has 1 amide bonds. The molecule has 0 radical (unpaired) electrons. The Bertz CT molecular complexity index is 797. The lowest BCUT2D eigenvalue weighted by molar-refractivity contribution is 0.0880. The lowest BCUT2D eigenvalue weighted by Crippen LogP contribution is -2.48. The second-order valence-corrected chi connectivity index (χ2v) is 7.26. The normalized spacial score (nSPS) is 16.3. The number of nitrogens with zero attached hydrogens (tertiary/aromatic N) is 4. The third kappa shape index (κ3) is 5.42. The maximum Gasteiger partial charge on any atom is 0.320 e. The van der Waals surface area contributed by atoms with Crippen molar-refractivity contribution in [2.24, 2.45) is 0 Å². The van der Waals surface area contributed by atoms with E-state index in [0.29, 0.717) is 6.54 Å². The van der Waals surface area contributed by atoms with Crippen molar-refractivity contribution in [3.8, 4) is 11.9 Å². The van der Waals surface area contributed by atoms with Gasteiger partial charge in [0.15, 0.2) is 0 Å². The van der Waals surface area contributed by atoms with Gasteiger partial charge in [-0.3, -0.25) is 9.69 Å². The second-order valence-electron chi connectivity index (χ2n) is 7.26. The van der Waals surface area contributed by atoms with Crippen molar-refractivity contribution in [2.45, 2.75) is 13.0 Å². The maximum absolute atomic E-state index is 12.8. The van der Waals surface area contributed by atoms with Crippen LogP contribution < -0.4 is 14.8 Å². The van der Waals surface area contributed by atoms with Crippen LogP contribution in [-0.2, 0) is 0 Å². The van der Waals surface area contributed by atoms with E-state index in [9.17, 15) is 4.79 Å². The van der Waals surface area contributed by atoms with Crippen LogP contribution in [-0.4, -0.2) is 79.7 Å². The molecule has 2 heterocycles. The van der Waals surface area contributed by atoms with Gasteiger partial charge in [0, 0.05) is 38.8 Å². The number of nitrogens with one attached hydrogen (secondary N) is 1. The van der Waals surface area contributed by atoms with Gasteiger partial charge >= 0.3 is 6.01 Å². The number of aromatic nitrogens is 2. The Labute approximate surface area is 171 Å². The van der Waals surface area contributed by atoms with Crippen LogP contribution in [0.5, 0.6) is 11.9 Å². The number of amides is 1. The number of methoxy groups -OCH3 is 2. The number of ether oxygens (including phenoxy) is 2. The molecule has 1 aliphatic rings. The third-order valence-corrected chi connectivity index (χ3v) is 5.20. The quantitative estimate of drug-likeness (QED) is 0.756. The highest BCUT2D eigenvalue weighted by molar-refractivity contribution is 5.92. The number of piperazine rings is 1. The Morgan fingerprint density at radius 3 is 2.41 bits per heavy atom. The highest BCUT2D eigenvalue weighted by atomic mass is 16.5. The lowest BCUT2D eigenvalue weighted by atomic mass is 10.0. The average Bonchev–Trinajstić information content (AvgIpc) is 2.75. The van der Waals surface area contributed by atoms with Crippen molar-refractivity contribution in [1.29, 1.82) is 0 Å². The van der Waals surface area contributed by atoms with Gasteiger partial charge in [-0.1, -0.05) is 29.8 Å². The number of carbonyl (C=O) groups is 1. The van der Waals surface area contributed by atoms with Crippen molar-refractivity contribution in [2.75, 3.05) is 54.0 Å². The van der Waals surface area contributed by atoms with E-state index < -0.39 is 0 Å². The van der Waals surface area contributed by atoms with E-state index in [1.807, 2.05) is 0 Å². The van der Waals surface area contributed by atoms with Crippen LogP contribution in [0.2, 0.25) is 0 Å². The van der Waals surface area contributed by atoms with E-state index >= 15 is 0 Å². The maximum atomic E-state index is 12.8. The molecule has 0 bridgehead atoms. The molecule has 3 rings (SSSR count). The Kier molecular flexibility index (Phi) is 7.00. The summed E-state index contributed by atoms with van der Waals surface area (Å²) in [6.45, 7) is 6.50. The highest BCUT2D eigenvalue weighted by Crippen LogP contribution is 2.22. The van der Waals surface area contributed by atoms with E-state index in [4.69, 9.17) is 9.47 Å². The Balaban J connectivity index is 1.75. The minimum atomic E-state index is -0.282. The van der Waals surface area contributed by atoms with Gasteiger partial charge < -0.3 is 19.7 Å². The molecular weight excluding hydrogens is 370 g/mol. The molecule has 1 N–H and O–H groups in total. The van der Waals surface area contributed by atoms with Gasteiger partial charge in [-0.15, -0.1) is 0 Å². The minimum Gasteiger partial charge on any atom is -0.481 e. The number of likely N-dealkylation sites (N-methyl/N-ethyl adjacent to an activating group) is 1. The average molecular weight is 399 g/mol. The molecule has 1 saturated heterocycles. The lowest BCUT2D eigenvalue weighted by Gasteiger charge is -2.38. The van der Waals surface area contributed by atoms with E-state index in [1.54, 1.807) is 0 Å². The largest absolute Gasteiger partial charge is 0.481 e. The summed E-state index contributed by atoms with van der Waals surface area (Å²) in [4.78, 5) is 25.7. The molecule has 156 valence electrons. The van der Waals surface area contributed by atoms with Crippen LogP contribution in [0.25, 0.3) is 0 Å². The molecule has 29 heavy (non-hydrogen) atoms. The van der Waals surface area contributed by atoms with Crippen molar-refractivity contribution < 1.29 is 14.3 Å². The SMILES string of the molecule is COc1cc(C(=O)NC[C@H](c2ccc(C)cc2)N2CCN(C)CC2)nc(OC)n1. The fourth-order valence-corrected chi connectivity index (χ4v) is 3.38. The summed E-state index contributed by atoms with van der Waals surface area (Å²) in [6.07, 6.45) is 0. The van der Waals surface area contributed by atoms with Crippen LogP contribution in [0.1, 0.15) is 27.7 Å². The topological polar surface area (TPSA) is 79.8 Å². The molecule has 0 aliphatic carbocycles. The molecule has 0 unspecified atom stereocenters. The monoisotopic (exact) mass is 399 g/mol. The molecule has 1 aliphatic heterocycles. The number of carbonyl (C=O) groups excluding carboxylic acids is 1. The Morgan fingerprint density at radius 1 is 1.10 bits per heavy atom. The zero-order valence-electron chi connectivity index (χ0n) is 17.5. The summed E-state index contributed by atoms with van der Waals surface area (Å²) < 4.78 is 10.2. The molecule has 1 aromatic heterocycles. The first-order valence-corrected chi connectivity index (χ1v) is 9.74. The van der Waals surface area contributed by atoms with Crippen LogP contribution in [0.3, 0.4) is 0 Å². The first kappa shape index (κ1) is 21.0. The number of hydrogen-bond acceptors (Lipinski definition) is 7. The fourth-order valence-electron chi connectivity index (χ4n) is 3.38. The van der Waals surface area contributed by atoms with Crippen molar-refractivity contribution >= 4 is 5.91 Å². The first-order chi connectivity index (χ1) is 14.0. The second kappa shape index (κ2) is 9.67. The molecule has 8 nitrogen and oxygen atoms in total. The van der Waals surface area contributed by atoms with Crippen LogP contribution >= 0.6 is 0 Å². The van der Waals surface area contributed by atoms with E-state index in [1.165, 1.54) is 31.4 Å². The van der Waals surface area contributed by atoms with E-state index in [0.717, 1.165) is 26.2 Å². The van der Waals surface area contributed by atoms with Gasteiger partial charge in [0.1, 0.15) is 5.69 Å². The molecule has 0 saturated carbocycles. The molecule has 1 atom stereocenters. The summed E-state index contributed by atoms with van der Waals surface area (Å²) in [7, 11) is 5.08. The van der Waals surface area contributed by atoms with Crippen LogP contribution in [0.15, 0.2) is 30.3 Å². The van der Waals surface area contributed by atoms with Crippen molar-refractivity contribution in [1.82, 2.24) is 25.1 Å². The molecule has 0 spiro atoms. The Morgan fingerprint density at radius 2 is 1.79 bits per heavy atom. The van der Waals surface area contributed by atoms with Gasteiger partial charge in [0.05, 0.1) is 20.3 Å². The van der Waals surface area contributed by atoms with Gasteiger partial charge in [-0.05, 0) is 19.5 Å². The number of hydrogen-bond donors (Lipinski definition) is 1. The van der Waals surface area contributed by atoms with E-state index in [-0.39, 0.29) is 29.5 Å². The summed E-state index contributed by atoms with van der Waals surface area (Å²) in [5.74, 6) is 0.00592. The summed E-state index contributed by atoms with van der Waals surface area (Å²) in [5.41, 5.74) is 2.63.